The first-order valence-corrected chi connectivity index (χ1v) is 3.75. The highest BCUT2D eigenvalue weighted by Gasteiger charge is 2.45. The molecule has 7 nitrogen and oxygen atoms in total. The summed E-state index contributed by atoms with van der Waals surface area (Å²) in [4.78, 5) is 10.4. The molecule has 0 spiro atoms. The zero-order valence-corrected chi connectivity index (χ0v) is 5.87. The van der Waals surface area contributed by atoms with Gasteiger partial charge in [-0.3, -0.25) is 4.79 Å². The van der Waals surface area contributed by atoms with Crippen LogP contribution in [0.25, 0.3) is 0 Å². The van der Waals surface area contributed by atoms with Crippen molar-refractivity contribution in [1.29, 1.82) is 0 Å². The molecular weight excluding hydrogens is 180 g/mol. The zero-order chi connectivity index (χ0) is 8.70. The molecule has 1 fully saturated rings. The fraction of sp³-hybridized carbons (Fsp3) is 0.667. The highest BCUT2D eigenvalue weighted by Crippen LogP contribution is 2.16. The molecule has 64 valence electrons. The molecule has 1 aliphatic rings. The summed E-state index contributed by atoms with van der Waals surface area (Å²) >= 11 is 0. The smallest absolute Gasteiger partial charge is 0.336 e. The maximum Gasteiger partial charge on any atom is 0.405 e. The quantitative estimate of drug-likeness (QED) is 0.400. The topological polar surface area (TPSA) is 110 Å². The van der Waals surface area contributed by atoms with Crippen LogP contribution < -0.4 is 0 Å². The summed E-state index contributed by atoms with van der Waals surface area (Å²) in [5.74, 6) is -4.55. The molecule has 0 bridgehead atoms. The van der Waals surface area contributed by atoms with E-state index in [1.807, 2.05) is 0 Å². The van der Waals surface area contributed by atoms with Gasteiger partial charge in [0.25, 0.3) is 0 Å². The first-order valence-electron chi connectivity index (χ1n) is 2.41. The molecule has 0 unspecified atom stereocenters. The van der Waals surface area contributed by atoms with Crippen LogP contribution in [0, 0.1) is 0 Å². The second-order valence-electron chi connectivity index (χ2n) is 1.79. The largest absolute Gasteiger partial charge is 0.405 e. The van der Waals surface area contributed by atoms with E-state index in [9.17, 15) is 13.2 Å². The Balaban J connectivity index is 2.92. The Labute approximate surface area is 61.5 Å². The highest BCUT2D eigenvalue weighted by molar-refractivity contribution is 7.82. The van der Waals surface area contributed by atoms with Crippen LogP contribution >= 0.6 is 0 Å². The van der Waals surface area contributed by atoms with Gasteiger partial charge in [0.1, 0.15) is 6.61 Å². The van der Waals surface area contributed by atoms with E-state index >= 15 is 0 Å². The third kappa shape index (κ3) is 1.73. The van der Waals surface area contributed by atoms with Crippen molar-refractivity contribution in [2.45, 2.75) is 5.97 Å². The number of ketones is 1. The third-order valence-corrected chi connectivity index (χ3v) is 1.76. The van der Waals surface area contributed by atoms with E-state index in [1.54, 1.807) is 0 Å². The van der Waals surface area contributed by atoms with E-state index in [4.69, 9.17) is 10.2 Å². The first-order chi connectivity index (χ1) is 4.83. The second kappa shape index (κ2) is 2.22. The monoisotopic (exact) mass is 184 g/mol. The Morgan fingerprint density at radius 2 is 2.00 bits per heavy atom. The Kier molecular flexibility index (Phi) is 1.73. The van der Waals surface area contributed by atoms with Crippen LogP contribution in [0.3, 0.4) is 0 Å². The molecule has 1 heterocycles. The predicted molar refractivity (Wildman–Crippen MR) is 28.1 cm³/mol. The number of Topliss-reactive ketones (excluding diaryl/α,β-unsaturated/α-hetero) is 1. The van der Waals surface area contributed by atoms with Gasteiger partial charge in [-0.1, -0.05) is 0 Å². The van der Waals surface area contributed by atoms with Gasteiger partial charge in [-0.15, -0.1) is 0 Å². The fourth-order valence-electron chi connectivity index (χ4n) is 0.433. The van der Waals surface area contributed by atoms with Gasteiger partial charge in [0.05, 0.1) is 0 Å². The molecule has 0 aromatic carbocycles. The van der Waals surface area contributed by atoms with Gasteiger partial charge in [-0.05, 0) is 0 Å². The van der Waals surface area contributed by atoms with Crippen LogP contribution in [0.2, 0.25) is 0 Å². The minimum Gasteiger partial charge on any atom is -0.336 e. The van der Waals surface area contributed by atoms with E-state index in [-0.39, 0.29) is 0 Å². The lowest BCUT2D eigenvalue weighted by Crippen LogP contribution is -2.49. The molecule has 0 atom stereocenters. The minimum absolute atomic E-state index is 0.935. The third-order valence-electron chi connectivity index (χ3n) is 0.916. The Morgan fingerprint density at radius 3 is 2.36 bits per heavy atom. The van der Waals surface area contributed by atoms with Crippen LogP contribution in [-0.2, 0) is 23.6 Å². The van der Waals surface area contributed by atoms with Crippen molar-refractivity contribution in [3.8, 4) is 0 Å². The standard InChI is InChI=1S/C3H4O7S/c4-2-1-9-11(7,8)10-3(2,5)6/h5-6H,1H2. The number of hydrogen-bond acceptors (Lipinski definition) is 7. The van der Waals surface area contributed by atoms with Crippen molar-refractivity contribution in [3.05, 3.63) is 0 Å². The predicted octanol–water partition coefficient (Wildman–Crippen LogP) is -2.51. The molecule has 1 saturated heterocycles. The summed E-state index contributed by atoms with van der Waals surface area (Å²) in [7, 11) is -4.44. The maximum atomic E-state index is 10.4. The average Bonchev–Trinajstić information content (AvgIpc) is 1.77. The van der Waals surface area contributed by atoms with Crippen molar-refractivity contribution >= 4 is 16.2 Å². The molecule has 1 aliphatic heterocycles. The van der Waals surface area contributed by atoms with Crippen LogP contribution in [0.4, 0.5) is 0 Å². The van der Waals surface area contributed by atoms with E-state index in [2.05, 4.69) is 8.37 Å². The lowest BCUT2D eigenvalue weighted by Gasteiger charge is -2.22. The Hall–Kier alpha value is -0.540. The van der Waals surface area contributed by atoms with E-state index in [0.29, 0.717) is 0 Å². The van der Waals surface area contributed by atoms with Gasteiger partial charge in [0, 0.05) is 0 Å². The zero-order valence-electron chi connectivity index (χ0n) is 5.05. The SMILES string of the molecule is O=C1COS(=O)(=O)OC1(O)O. The van der Waals surface area contributed by atoms with Crippen molar-refractivity contribution in [2.24, 2.45) is 0 Å². The first kappa shape index (κ1) is 8.56. The van der Waals surface area contributed by atoms with Gasteiger partial charge in [-0.2, -0.15) is 12.6 Å². The van der Waals surface area contributed by atoms with E-state index in [1.165, 1.54) is 0 Å². The van der Waals surface area contributed by atoms with Gasteiger partial charge >= 0.3 is 16.4 Å². The number of carbonyl (C=O) groups is 1. The van der Waals surface area contributed by atoms with Crippen molar-refractivity contribution in [3.63, 3.8) is 0 Å². The molecule has 0 radical (unpaired) electrons. The van der Waals surface area contributed by atoms with Crippen LogP contribution in [0.1, 0.15) is 0 Å². The summed E-state index contributed by atoms with van der Waals surface area (Å²) in [5, 5.41) is 17.0. The normalized spacial score (nSPS) is 28.4. The van der Waals surface area contributed by atoms with Crippen molar-refractivity contribution < 1.29 is 31.8 Å². The molecular formula is C3H4O7S. The van der Waals surface area contributed by atoms with Crippen molar-refractivity contribution in [2.75, 3.05) is 6.61 Å². The van der Waals surface area contributed by atoms with E-state index < -0.39 is 28.8 Å². The maximum absolute atomic E-state index is 10.4. The Bertz CT molecular complexity index is 274. The average molecular weight is 184 g/mol. The highest BCUT2D eigenvalue weighted by atomic mass is 32.3. The van der Waals surface area contributed by atoms with Crippen LogP contribution in [0.15, 0.2) is 0 Å². The lowest BCUT2D eigenvalue weighted by molar-refractivity contribution is -0.279. The van der Waals surface area contributed by atoms with Crippen molar-refractivity contribution in [1.82, 2.24) is 0 Å². The second-order valence-corrected chi connectivity index (χ2v) is 3.00. The molecule has 0 aromatic heterocycles. The number of carbonyl (C=O) groups excluding carboxylic acids is 1. The molecule has 2 N–H and O–H groups in total. The Morgan fingerprint density at radius 1 is 1.45 bits per heavy atom. The molecule has 0 amide bonds. The number of rotatable bonds is 0. The number of aliphatic hydroxyl groups is 2. The van der Waals surface area contributed by atoms with Crippen LogP contribution in [-0.4, -0.2) is 37.0 Å². The van der Waals surface area contributed by atoms with Gasteiger partial charge < -0.3 is 10.2 Å². The summed E-state index contributed by atoms with van der Waals surface area (Å²) in [6.45, 7) is -0.935. The summed E-state index contributed by atoms with van der Waals surface area (Å²) in [6, 6.07) is 0. The molecule has 11 heavy (non-hydrogen) atoms. The molecule has 0 aromatic rings. The summed E-state index contributed by atoms with van der Waals surface area (Å²) in [6.07, 6.45) is 0. The van der Waals surface area contributed by atoms with Gasteiger partial charge in [0.2, 0.25) is 5.78 Å². The summed E-state index contributed by atoms with van der Waals surface area (Å²) in [5.41, 5.74) is 0. The van der Waals surface area contributed by atoms with Gasteiger partial charge in [0.15, 0.2) is 0 Å². The van der Waals surface area contributed by atoms with Gasteiger partial charge in [-0.25, -0.2) is 4.18 Å². The minimum atomic E-state index is -4.44. The lowest BCUT2D eigenvalue weighted by atomic mass is 10.4. The fourth-order valence-corrected chi connectivity index (χ4v) is 1.11. The van der Waals surface area contributed by atoms with E-state index in [0.717, 1.165) is 0 Å². The van der Waals surface area contributed by atoms with Crippen LogP contribution in [0.5, 0.6) is 0 Å². The molecule has 1 rings (SSSR count). The molecule has 8 heteroatoms. The number of hydrogen-bond donors (Lipinski definition) is 2. The summed E-state index contributed by atoms with van der Waals surface area (Å²) < 4.78 is 27.9. The molecule has 0 aliphatic carbocycles. The molecule has 0 saturated carbocycles.